The third-order valence-electron chi connectivity index (χ3n) is 2.21. The number of hydrogen-bond donors (Lipinski definition) is 1. The average molecular weight is 239 g/mol. The predicted octanol–water partition coefficient (Wildman–Crippen LogP) is 3.18. The zero-order chi connectivity index (χ0) is 10.7. The van der Waals surface area contributed by atoms with E-state index < -0.39 is 6.10 Å². The van der Waals surface area contributed by atoms with Crippen LogP contribution < -0.4 is 0 Å². The summed E-state index contributed by atoms with van der Waals surface area (Å²) in [4.78, 5) is 4.28. The summed E-state index contributed by atoms with van der Waals surface area (Å²) in [6.45, 7) is 1.95. The van der Waals surface area contributed by atoms with Gasteiger partial charge < -0.3 is 5.11 Å². The third-order valence-corrected chi connectivity index (χ3v) is 4.00. The maximum atomic E-state index is 9.88. The molecule has 0 aliphatic rings. The van der Waals surface area contributed by atoms with Crippen LogP contribution in [0, 0.1) is 6.92 Å². The van der Waals surface area contributed by atoms with Gasteiger partial charge in [-0.15, -0.1) is 11.3 Å². The molecule has 0 bridgehead atoms. The smallest absolute Gasteiger partial charge is 0.121 e. The standard InChI is InChI=1S/C11H13NOS2/c1-8-6-15-11(12-8)10(13)3-2-9-4-5-14-7-9/h4-7,10,13H,2-3H2,1H3. The number of aliphatic hydroxyl groups excluding tert-OH is 1. The molecule has 1 atom stereocenters. The fraction of sp³-hybridized carbons (Fsp3) is 0.364. The minimum atomic E-state index is -0.413. The summed E-state index contributed by atoms with van der Waals surface area (Å²) < 4.78 is 0. The molecule has 4 heteroatoms. The van der Waals surface area contributed by atoms with Crippen molar-refractivity contribution in [2.45, 2.75) is 25.9 Å². The summed E-state index contributed by atoms with van der Waals surface area (Å²) in [5.74, 6) is 0. The largest absolute Gasteiger partial charge is 0.386 e. The van der Waals surface area contributed by atoms with Crippen LogP contribution in [-0.4, -0.2) is 10.1 Å². The first-order valence-corrected chi connectivity index (χ1v) is 6.69. The van der Waals surface area contributed by atoms with Crippen LogP contribution >= 0.6 is 22.7 Å². The van der Waals surface area contributed by atoms with Crippen LogP contribution in [0.1, 0.15) is 28.8 Å². The molecular weight excluding hydrogens is 226 g/mol. The SMILES string of the molecule is Cc1csc(C(O)CCc2ccsc2)n1. The zero-order valence-corrected chi connectivity index (χ0v) is 10.1. The highest BCUT2D eigenvalue weighted by atomic mass is 32.1. The number of aromatic nitrogens is 1. The fourth-order valence-corrected chi connectivity index (χ4v) is 2.91. The molecule has 0 fully saturated rings. The van der Waals surface area contributed by atoms with E-state index in [0.29, 0.717) is 0 Å². The number of aryl methyl sites for hydroxylation is 2. The van der Waals surface area contributed by atoms with Crippen LogP contribution in [0.5, 0.6) is 0 Å². The van der Waals surface area contributed by atoms with Gasteiger partial charge in [-0.25, -0.2) is 4.98 Å². The predicted molar refractivity (Wildman–Crippen MR) is 64.5 cm³/mol. The van der Waals surface area contributed by atoms with Gasteiger partial charge in [0.25, 0.3) is 0 Å². The van der Waals surface area contributed by atoms with Gasteiger partial charge in [0.1, 0.15) is 11.1 Å². The molecule has 0 saturated carbocycles. The molecule has 2 heterocycles. The minimum absolute atomic E-state index is 0.413. The Morgan fingerprint density at radius 3 is 2.93 bits per heavy atom. The summed E-state index contributed by atoms with van der Waals surface area (Å²) in [5.41, 5.74) is 2.29. The first kappa shape index (κ1) is 10.8. The van der Waals surface area contributed by atoms with Gasteiger partial charge in [-0.1, -0.05) is 0 Å². The van der Waals surface area contributed by atoms with Gasteiger partial charge in [-0.2, -0.15) is 11.3 Å². The average Bonchev–Trinajstić information content (AvgIpc) is 2.84. The maximum Gasteiger partial charge on any atom is 0.121 e. The van der Waals surface area contributed by atoms with Crippen LogP contribution in [0.25, 0.3) is 0 Å². The topological polar surface area (TPSA) is 33.1 Å². The number of nitrogens with zero attached hydrogens (tertiary/aromatic N) is 1. The summed E-state index contributed by atoms with van der Waals surface area (Å²) in [6, 6.07) is 2.10. The van der Waals surface area contributed by atoms with Gasteiger partial charge in [0, 0.05) is 11.1 Å². The lowest BCUT2D eigenvalue weighted by Crippen LogP contribution is -1.98. The van der Waals surface area contributed by atoms with E-state index in [4.69, 9.17) is 0 Å². The molecule has 0 aliphatic carbocycles. The van der Waals surface area contributed by atoms with Crippen molar-refractivity contribution in [1.82, 2.24) is 4.98 Å². The fourth-order valence-electron chi connectivity index (χ4n) is 1.39. The minimum Gasteiger partial charge on any atom is -0.386 e. The second-order valence-corrected chi connectivity index (χ2v) is 5.18. The van der Waals surface area contributed by atoms with E-state index in [-0.39, 0.29) is 0 Å². The monoisotopic (exact) mass is 239 g/mol. The molecule has 0 spiro atoms. The number of hydrogen-bond acceptors (Lipinski definition) is 4. The number of rotatable bonds is 4. The van der Waals surface area contributed by atoms with Crippen molar-refractivity contribution < 1.29 is 5.11 Å². The summed E-state index contributed by atoms with van der Waals surface area (Å²) in [7, 11) is 0. The van der Waals surface area contributed by atoms with Crippen molar-refractivity contribution in [3.63, 3.8) is 0 Å². The Labute approximate surface area is 97.2 Å². The Morgan fingerprint density at radius 1 is 1.47 bits per heavy atom. The van der Waals surface area contributed by atoms with Crippen molar-refractivity contribution in [2.24, 2.45) is 0 Å². The molecule has 2 aromatic heterocycles. The van der Waals surface area contributed by atoms with Gasteiger partial charge in [-0.3, -0.25) is 0 Å². The lowest BCUT2D eigenvalue weighted by Gasteiger charge is -2.05. The van der Waals surface area contributed by atoms with Gasteiger partial charge in [-0.05, 0) is 42.2 Å². The van der Waals surface area contributed by atoms with Crippen LogP contribution in [0.3, 0.4) is 0 Å². The number of aliphatic hydroxyl groups is 1. The quantitative estimate of drug-likeness (QED) is 0.889. The molecule has 0 amide bonds. The molecule has 1 unspecified atom stereocenters. The van der Waals surface area contributed by atoms with Crippen molar-refractivity contribution in [3.05, 3.63) is 38.5 Å². The molecule has 0 radical (unpaired) electrons. The summed E-state index contributed by atoms with van der Waals surface area (Å²) in [5, 5.41) is 16.9. The highest BCUT2D eigenvalue weighted by Crippen LogP contribution is 2.22. The molecule has 15 heavy (non-hydrogen) atoms. The van der Waals surface area contributed by atoms with Crippen LogP contribution in [0.4, 0.5) is 0 Å². The highest BCUT2D eigenvalue weighted by Gasteiger charge is 2.11. The zero-order valence-electron chi connectivity index (χ0n) is 8.51. The molecule has 2 aromatic rings. The normalized spacial score (nSPS) is 12.9. The molecule has 1 N–H and O–H groups in total. The summed E-state index contributed by atoms with van der Waals surface area (Å²) in [6.07, 6.45) is 1.26. The van der Waals surface area contributed by atoms with E-state index in [1.54, 1.807) is 11.3 Å². The number of thiazole rings is 1. The Kier molecular flexibility index (Phi) is 3.51. The van der Waals surface area contributed by atoms with Crippen molar-refractivity contribution in [1.29, 1.82) is 0 Å². The summed E-state index contributed by atoms with van der Waals surface area (Å²) >= 11 is 3.23. The highest BCUT2D eigenvalue weighted by molar-refractivity contribution is 7.09. The molecule has 0 aliphatic heterocycles. The molecule has 0 aromatic carbocycles. The van der Waals surface area contributed by atoms with E-state index in [1.807, 2.05) is 12.3 Å². The molecule has 80 valence electrons. The first-order valence-electron chi connectivity index (χ1n) is 4.87. The van der Waals surface area contributed by atoms with Gasteiger partial charge in [0.2, 0.25) is 0 Å². The second-order valence-electron chi connectivity index (χ2n) is 3.51. The third kappa shape index (κ3) is 2.87. The Hall–Kier alpha value is -0.710. The van der Waals surface area contributed by atoms with E-state index in [0.717, 1.165) is 23.5 Å². The maximum absolute atomic E-state index is 9.88. The van der Waals surface area contributed by atoms with Crippen LogP contribution in [0.15, 0.2) is 22.2 Å². The Morgan fingerprint density at radius 2 is 2.33 bits per heavy atom. The molecule has 2 rings (SSSR count). The second kappa shape index (κ2) is 4.88. The van der Waals surface area contributed by atoms with Crippen molar-refractivity contribution >= 4 is 22.7 Å². The molecule has 0 saturated heterocycles. The Balaban J connectivity index is 1.90. The van der Waals surface area contributed by atoms with Crippen LogP contribution in [-0.2, 0) is 6.42 Å². The van der Waals surface area contributed by atoms with Crippen molar-refractivity contribution in [3.8, 4) is 0 Å². The molecular formula is C11H13NOS2. The van der Waals surface area contributed by atoms with Crippen molar-refractivity contribution in [2.75, 3.05) is 0 Å². The lowest BCUT2D eigenvalue weighted by atomic mass is 10.1. The number of thiophene rings is 1. The Bertz CT molecular complexity index is 408. The van der Waals surface area contributed by atoms with E-state index in [2.05, 4.69) is 21.8 Å². The van der Waals surface area contributed by atoms with E-state index in [1.165, 1.54) is 16.9 Å². The molecule has 2 nitrogen and oxygen atoms in total. The van der Waals surface area contributed by atoms with Gasteiger partial charge >= 0.3 is 0 Å². The lowest BCUT2D eigenvalue weighted by molar-refractivity contribution is 0.167. The van der Waals surface area contributed by atoms with Gasteiger partial charge in [0.05, 0.1) is 0 Å². The van der Waals surface area contributed by atoms with Gasteiger partial charge in [0.15, 0.2) is 0 Å². The van der Waals surface area contributed by atoms with Crippen LogP contribution in [0.2, 0.25) is 0 Å². The van der Waals surface area contributed by atoms with E-state index in [9.17, 15) is 5.11 Å². The van der Waals surface area contributed by atoms with E-state index >= 15 is 0 Å². The first-order chi connectivity index (χ1) is 7.25.